The number of hydrogen-bond acceptors (Lipinski definition) is 6. The highest BCUT2D eigenvalue weighted by Crippen LogP contribution is 2.43. The summed E-state index contributed by atoms with van der Waals surface area (Å²) in [5.74, 6) is 1.50. The Hall–Kier alpha value is -2.19. The number of halogens is 1. The first-order valence-electron chi connectivity index (χ1n) is 9.18. The fourth-order valence-electron chi connectivity index (χ4n) is 3.94. The number of aromatic nitrogens is 2. The van der Waals surface area contributed by atoms with E-state index in [0.29, 0.717) is 6.61 Å². The molecule has 1 aromatic rings. The number of ether oxygens (including phenoxy) is 2. The van der Waals surface area contributed by atoms with Crippen molar-refractivity contribution < 1.29 is 19.0 Å². The summed E-state index contributed by atoms with van der Waals surface area (Å²) in [6.45, 7) is 1.46. The normalized spacial score (nSPS) is 21.8. The molecule has 3 aliphatic rings. The molecule has 0 spiro atoms. The maximum atomic E-state index is 6.02. The third-order valence-corrected chi connectivity index (χ3v) is 5.18. The first-order valence-corrected chi connectivity index (χ1v) is 9.18. The molecule has 3 heterocycles. The van der Waals surface area contributed by atoms with Gasteiger partial charge in [-0.3, -0.25) is 0 Å². The number of quaternary nitrogens is 1. The second-order valence-electron chi connectivity index (χ2n) is 6.68. The molecule has 0 saturated heterocycles. The predicted octanol–water partition coefficient (Wildman–Crippen LogP) is 1.73. The summed E-state index contributed by atoms with van der Waals surface area (Å²) in [6, 6.07) is 0. The Morgan fingerprint density at radius 3 is 2.86 bits per heavy atom. The number of allylic oxidation sites excluding steroid dienone is 3. The predicted molar refractivity (Wildman–Crippen MR) is 109 cm³/mol. The van der Waals surface area contributed by atoms with Crippen molar-refractivity contribution in [2.45, 2.75) is 19.3 Å². The molecule has 0 amide bonds. The van der Waals surface area contributed by atoms with Gasteiger partial charge < -0.3 is 14.8 Å². The number of rotatable bonds is 7. The number of fused-ring (bicyclic) bond motifs is 3. The van der Waals surface area contributed by atoms with Crippen LogP contribution < -0.4 is 15.8 Å². The quantitative estimate of drug-likeness (QED) is 0.550. The molecule has 0 fully saturated rings. The number of hydrogen-bond donors (Lipinski definition) is 1. The summed E-state index contributed by atoms with van der Waals surface area (Å²) in [7, 11) is 5.09. The third kappa shape index (κ3) is 3.14. The molecule has 1 atom stereocenters. The van der Waals surface area contributed by atoms with E-state index in [1.54, 1.807) is 27.5 Å². The molecule has 2 aliphatic heterocycles. The molecule has 0 saturated carbocycles. The Balaban J connectivity index is 0.00000225. The minimum absolute atomic E-state index is 0. The van der Waals surface area contributed by atoms with Gasteiger partial charge in [0, 0.05) is 31.9 Å². The third-order valence-electron chi connectivity index (χ3n) is 5.18. The van der Waals surface area contributed by atoms with Crippen LogP contribution in [0.25, 0.3) is 11.9 Å². The molecule has 1 N–H and O–H groups in total. The Morgan fingerprint density at radius 1 is 1.25 bits per heavy atom. The fourth-order valence-corrected chi connectivity index (χ4v) is 3.94. The lowest BCUT2D eigenvalue weighted by Crippen LogP contribution is -2.42. The van der Waals surface area contributed by atoms with Crippen molar-refractivity contribution in [3.8, 4) is 0 Å². The topological polar surface area (TPSA) is 65.5 Å². The SMILES string of the molecule is COCCCNc1nncc2c1=C1C3=C(C=C(OC)[N+]1(OC)C=2)CCC=C3.Cl. The van der Waals surface area contributed by atoms with E-state index in [4.69, 9.17) is 14.3 Å². The first-order chi connectivity index (χ1) is 13.2. The summed E-state index contributed by atoms with van der Waals surface area (Å²) in [5, 5.41) is 14.0. The van der Waals surface area contributed by atoms with Crippen LogP contribution in [0.1, 0.15) is 19.3 Å². The molecular formula is C20H26ClN4O3+. The highest BCUT2D eigenvalue weighted by atomic mass is 35.5. The van der Waals surface area contributed by atoms with Gasteiger partial charge in [-0.25, -0.2) is 0 Å². The van der Waals surface area contributed by atoms with Crippen LogP contribution in [0.2, 0.25) is 0 Å². The number of anilines is 1. The van der Waals surface area contributed by atoms with Gasteiger partial charge in [0.25, 0.3) is 0 Å². The zero-order valence-corrected chi connectivity index (χ0v) is 17.2. The standard InChI is InChI=1S/C20H25N4O3.ClH/c1-25-10-6-9-21-20-18-15(12-22-23-20)13-24(27-3)17(26-2)11-14-7-4-5-8-16(14)19(18)24;/h5,8,11-13H,4,6-7,9-10H2,1-3H3,(H,21,23);1H/q+1;. The van der Waals surface area contributed by atoms with E-state index in [1.807, 2.05) is 6.20 Å². The van der Waals surface area contributed by atoms with Gasteiger partial charge in [-0.2, -0.15) is 9.94 Å². The van der Waals surface area contributed by atoms with E-state index in [9.17, 15) is 0 Å². The van der Waals surface area contributed by atoms with Crippen molar-refractivity contribution in [2.75, 3.05) is 39.8 Å². The second-order valence-corrected chi connectivity index (χ2v) is 6.68. The molecule has 1 unspecified atom stereocenters. The summed E-state index contributed by atoms with van der Waals surface area (Å²) < 4.78 is 11.0. The lowest BCUT2D eigenvalue weighted by Gasteiger charge is -2.34. The average Bonchev–Trinajstić information content (AvgIpc) is 3.07. The number of nitrogens with zero attached hydrogens (tertiary/aromatic N) is 3. The zero-order chi connectivity index (χ0) is 18.9. The van der Waals surface area contributed by atoms with Crippen LogP contribution in [0.15, 0.2) is 41.5 Å². The molecule has 0 radical (unpaired) electrons. The van der Waals surface area contributed by atoms with E-state index in [1.165, 1.54) is 11.1 Å². The Morgan fingerprint density at radius 2 is 2.11 bits per heavy atom. The molecule has 1 aromatic heterocycles. The average molecular weight is 406 g/mol. The van der Waals surface area contributed by atoms with E-state index in [2.05, 4.69) is 33.7 Å². The van der Waals surface area contributed by atoms with Crippen LogP contribution in [0.5, 0.6) is 0 Å². The van der Waals surface area contributed by atoms with E-state index in [-0.39, 0.29) is 17.1 Å². The molecule has 8 heteroatoms. The van der Waals surface area contributed by atoms with Crippen molar-refractivity contribution in [3.63, 3.8) is 0 Å². The van der Waals surface area contributed by atoms with Crippen LogP contribution in [-0.4, -0.2) is 49.3 Å². The monoisotopic (exact) mass is 405 g/mol. The molecule has 28 heavy (non-hydrogen) atoms. The lowest BCUT2D eigenvalue weighted by atomic mass is 9.91. The van der Waals surface area contributed by atoms with Crippen LogP contribution in [0, 0.1) is 0 Å². The maximum Gasteiger partial charge on any atom is 0.335 e. The minimum atomic E-state index is 0. The van der Waals surface area contributed by atoms with Gasteiger partial charge in [0.1, 0.15) is 0 Å². The summed E-state index contributed by atoms with van der Waals surface area (Å²) in [4.78, 5) is 6.02. The highest BCUT2D eigenvalue weighted by Gasteiger charge is 2.49. The van der Waals surface area contributed by atoms with Gasteiger partial charge in [-0.1, -0.05) is 16.8 Å². The fraction of sp³-hybridized carbons (Fsp3) is 0.400. The number of nitrogens with one attached hydrogen (secondary N) is 1. The Bertz CT molecular complexity index is 970. The Labute approximate surface area is 170 Å². The van der Waals surface area contributed by atoms with Gasteiger partial charge in [-0.15, -0.1) is 17.5 Å². The van der Waals surface area contributed by atoms with Crippen LogP contribution in [-0.2, 0) is 14.3 Å². The summed E-state index contributed by atoms with van der Waals surface area (Å²) in [5.41, 5.74) is 3.47. The van der Waals surface area contributed by atoms with Crippen molar-refractivity contribution in [2.24, 2.45) is 0 Å². The first kappa shape index (κ1) is 20.5. The van der Waals surface area contributed by atoms with Crippen LogP contribution >= 0.6 is 12.4 Å². The lowest BCUT2D eigenvalue weighted by molar-refractivity contribution is -0.962. The number of hydroxylamine groups is 3. The smallest absolute Gasteiger partial charge is 0.335 e. The van der Waals surface area contributed by atoms with E-state index < -0.39 is 0 Å². The van der Waals surface area contributed by atoms with Crippen molar-refractivity contribution in [1.29, 1.82) is 0 Å². The van der Waals surface area contributed by atoms with Gasteiger partial charge in [0.05, 0.1) is 30.9 Å². The van der Waals surface area contributed by atoms with Gasteiger partial charge in [0.15, 0.2) is 17.7 Å². The highest BCUT2D eigenvalue weighted by molar-refractivity contribution is 5.85. The van der Waals surface area contributed by atoms with Gasteiger partial charge >= 0.3 is 5.88 Å². The van der Waals surface area contributed by atoms with Crippen molar-refractivity contribution in [3.05, 3.63) is 51.9 Å². The largest absolute Gasteiger partial charge is 0.452 e. The van der Waals surface area contributed by atoms with Crippen molar-refractivity contribution in [1.82, 2.24) is 10.2 Å². The minimum Gasteiger partial charge on any atom is -0.452 e. The molecule has 7 nitrogen and oxygen atoms in total. The molecule has 0 bridgehead atoms. The molecule has 0 aromatic carbocycles. The van der Waals surface area contributed by atoms with Gasteiger partial charge in [-0.05, 0) is 24.8 Å². The van der Waals surface area contributed by atoms with E-state index in [0.717, 1.165) is 53.6 Å². The number of methoxy groups -OCH3 is 2. The Kier molecular flexibility index (Phi) is 6.20. The van der Waals surface area contributed by atoms with Crippen LogP contribution in [0.4, 0.5) is 5.82 Å². The van der Waals surface area contributed by atoms with E-state index >= 15 is 0 Å². The molecule has 4 rings (SSSR count). The second kappa shape index (κ2) is 8.45. The molecule has 1 aliphatic carbocycles. The van der Waals surface area contributed by atoms with Crippen LogP contribution in [0.3, 0.4) is 0 Å². The summed E-state index contributed by atoms with van der Waals surface area (Å²) >= 11 is 0. The van der Waals surface area contributed by atoms with Crippen molar-refractivity contribution >= 4 is 30.1 Å². The molecular weight excluding hydrogens is 380 g/mol. The van der Waals surface area contributed by atoms with Gasteiger partial charge in [0.2, 0.25) is 0 Å². The molecule has 150 valence electrons. The summed E-state index contributed by atoms with van der Waals surface area (Å²) in [6.07, 6.45) is 13.2. The maximum absolute atomic E-state index is 6.02. The zero-order valence-electron chi connectivity index (χ0n) is 16.4.